The Morgan fingerprint density at radius 3 is 2.67 bits per heavy atom. The van der Waals surface area contributed by atoms with Crippen LogP contribution in [0.2, 0.25) is 0 Å². The second-order valence-corrected chi connectivity index (χ2v) is 7.35. The van der Waals surface area contributed by atoms with E-state index in [1.54, 1.807) is 0 Å². The summed E-state index contributed by atoms with van der Waals surface area (Å²) in [6, 6.07) is 10.4. The summed E-state index contributed by atoms with van der Waals surface area (Å²) < 4.78 is 6.09. The van der Waals surface area contributed by atoms with Crippen LogP contribution in [0.1, 0.15) is 31.9 Å². The van der Waals surface area contributed by atoms with Crippen molar-refractivity contribution in [3.8, 4) is 0 Å². The molecule has 0 radical (unpaired) electrons. The van der Waals surface area contributed by atoms with E-state index in [0.717, 1.165) is 39.3 Å². The van der Waals surface area contributed by atoms with Crippen molar-refractivity contribution >= 4 is 5.91 Å². The molecular formula is C19H29N3O2. The number of morpholine rings is 1. The lowest BCUT2D eigenvalue weighted by molar-refractivity contribution is -0.135. The Labute approximate surface area is 145 Å². The first-order valence-electron chi connectivity index (χ1n) is 8.96. The SMILES string of the molecule is CC1(C)COC(c2ccccc2)CN1CCC(=O)N1CCNCC1. The number of carbonyl (C=O) groups is 1. The van der Waals surface area contributed by atoms with Gasteiger partial charge < -0.3 is 15.0 Å². The molecule has 2 fully saturated rings. The Balaban J connectivity index is 1.58. The van der Waals surface area contributed by atoms with Crippen LogP contribution in [0.25, 0.3) is 0 Å². The summed E-state index contributed by atoms with van der Waals surface area (Å²) in [4.78, 5) is 16.8. The minimum absolute atomic E-state index is 0.0327. The molecule has 1 aromatic rings. The quantitative estimate of drug-likeness (QED) is 0.911. The fraction of sp³-hybridized carbons (Fsp3) is 0.632. The van der Waals surface area contributed by atoms with Crippen molar-refractivity contribution in [2.24, 2.45) is 0 Å². The van der Waals surface area contributed by atoms with E-state index in [-0.39, 0.29) is 17.6 Å². The maximum absolute atomic E-state index is 12.4. The molecule has 1 unspecified atom stereocenters. The lowest BCUT2D eigenvalue weighted by atomic mass is 9.98. The monoisotopic (exact) mass is 331 g/mol. The number of benzene rings is 1. The van der Waals surface area contributed by atoms with Crippen LogP contribution < -0.4 is 5.32 Å². The predicted molar refractivity (Wildman–Crippen MR) is 94.9 cm³/mol. The van der Waals surface area contributed by atoms with Gasteiger partial charge in [-0.05, 0) is 19.4 Å². The second kappa shape index (κ2) is 7.64. The average Bonchev–Trinajstić information content (AvgIpc) is 2.62. The van der Waals surface area contributed by atoms with Crippen LogP contribution in [-0.2, 0) is 9.53 Å². The summed E-state index contributed by atoms with van der Waals surface area (Å²) in [7, 11) is 0. The van der Waals surface area contributed by atoms with Crippen LogP contribution in [0.15, 0.2) is 30.3 Å². The Morgan fingerprint density at radius 2 is 1.96 bits per heavy atom. The van der Waals surface area contributed by atoms with E-state index < -0.39 is 0 Å². The first kappa shape index (κ1) is 17.4. The highest BCUT2D eigenvalue weighted by molar-refractivity contribution is 5.76. The summed E-state index contributed by atoms with van der Waals surface area (Å²) in [5.74, 6) is 0.273. The molecule has 1 N–H and O–H groups in total. The molecule has 1 aromatic carbocycles. The Hall–Kier alpha value is -1.43. The zero-order chi connectivity index (χ0) is 17.0. The first-order chi connectivity index (χ1) is 11.6. The molecule has 0 aromatic heterocycles. The molecule has 5 heteroatoms. The van der Waals surface area contributed by atoms with Gasteiger partial charge in [-0.15, -0.1) is 0 Å². The normalized spacial score (nSPS) is 24.8. The molecule has 24 heavy (non-hydrogen) atoms. The van der Waals surface area contributed by atoms with Crippen molar-refractivity contribution in [1.29, 1.82) is 0 Å². The van der Waals surface area contributed by atoms with Crippen molar-refractivity contribution in [1.82, 2.24) is 15.1 Å². The van der Waals surface area contributed by atoms with Gasteiger partial charge in [-0.1, -0.05) is 30.3 Å². The van der Waals surface area contributed by atoms with Crippen LogP contribution in [0.5, 0.6) is 0 Å². The molecule has 2 heterocycles. The van der Waals surface area contributed by atoms with Gasteiger partial charge in [0.1, 0.15) is 0 Å². The van der Waals surface area contributed by atoms with E-state index in [4.69, 9.17) is 4.74 Å². The van der Waals surface area contributed by atoms with Crippen molar-refractivity contribution in [3.63, 3.8) is 0 Å². The average molecular weight is 331 g/mol. The van der Waals surface area contributed by atoms with Crippen LogP contribution in [-0.4, -0.2) is 67.1 Å². The molecule has 0 bridgehead atoms. The van der Waals surface area contributed by atoms with Gasteiger partial charge in [-0.3, -0.25) is 9.69 Å². The fourth-order valence-electron chi connectivity index (χ4n) is 3.46. The third-order valence-corrected chi connectivity index (χ3v) is 5.12. The molecule has 2 aliphatic rings. The largest absolute Gasteiger partial charge is 0.370 e. The number of nitrogens with zero attached hydrogens (tertiary/aromatic N) is 2. The summed E-state index contributed by atoms with van der Waals surface area (Å²) in [6.45, 7) is 10.2. The number of hydrogen-bond donors (Lipinski definition) is 1. The van der Waals surface area contributed by atoms with Crippen LogP contribution in [0, 0.1) is 0 Å². The summed E-state index contributed by atoms with van der Waals surface area (Å²) in [6.07, 6.45) is 0.679. The third kappa shape index (κ3) is 4.15. The lowest BCUT2D eigenvalue weighted by Crippen LogP contribution is -2.55. The van der Waals surface area contributed by atoms with Crippen molar-refractivity contribution in [3.05, 3.63) is 35.9 Å². The van der Waals surface area contributed by atoms with E-state index >= 15 is 0 Å². The topological polar surface area (TPSA) is 44.8 Å². The molecule has 0 saturated carbocycles. The molecule has 5 nitrogen and oxygen atoms in total. The Bertz CT molecular complexity index is 541. The summed E-state index contributed by atoms with van der Waals surface area (Å²) >= 11 is 0. The smallest absolute Gasteiger partial charge is 0.223 e. The van der Waals surface area contributed by atoms with E-state index in [2.05, 4.69) is 48.3 Å². The third-order valence-electron chi connectivity index (χ3n) is 5.12. The van der Waals surface area contributed by atoms with Gasteiger partial charge in [0.25, 0.3) is 0 Å². The number of nitrogens with one attached hydrogen (secondary N) is 1. The zero-order valence-electron chi connectivity index (χ0n) is 14.8. The zero-order valence-corrected chi connectivity index (χ0v) is 14.8. The number of hydrogen-bond acceptors (Lipinski definition) is 4. The van der Waals surface area contributed by atoms with E-state index in [1.807, 2.05) is 11.0 Å². The number of amides is 1. The number of rotatable bonds is 4. The van der Waals surface area contributed by atoms with Gasteiger partial charge in [0.2, 0.25) is 5.91 Å². The molecule has 2 aliphatic heterocycles. The number of carbonyl (C=O) groups excluding carboxylic acids is 1. The minimum atomic E-state index is -0.0327. The van der Waals surface area contributed by atoms with E-state index in [9.17, 15) is 4.79 Å². The predicted octanol–water partition coefficient (Wildman–Crippen LogP) is 1.66. The number of piperazine rings is 1. The highest BCUT2D eigenvalue weighted by atomic mass is 16.5. The van der Waals surface area contributed by atoms with Crippen molar-refractivity contribution in [2.75, 3.05) is 45.9 Å². The molecule has 0 aliphatic carbocycles. The fourth-order valence-corrected chi connectivity index (χ4v) is 3.46. The maximum Gasteiger partial charge on any atom is 0.223 e. The van der Waals surface area contributed by atoms with Gasteiger partial charge in [0.15, 0.2) is 0 Å². The van der Waals surface area contributed by atoms with Crippen LogP contribution >= 0.6 is 0 Å². The molecule has 1 amide bonds. The molecule has 2 saturated heterocycles. The first-order valence-corrected chi connectivity index (χ1v) is 8.96. The molecule has 1 atom stereocenters. The van der Waals surface area contributed by atoms with Gasteiger partial charge in [0, 0.05) is 51.2 Å². The standard InChI is InChI=1S/C19H29N3O2/c1-19(2)15-24-17(16-6-4-3-5-7-16)14-22(19)11-8-18(23)21-12-9-20-10-13-21/h3-7,17,20H,8-15H2,1-2H3. The summed E-state index contributed by atoms with van der Waals surface area (Å²) in [5.41, 5.74) is 1.18. The van der Waals surface area contributed by atoms with Gasteiger partial charge in [-0.25, -0.2) is 0 Å². The minimum Gasteiger partial charge on any atom is -0.370 e. The Morgan fingerprint density at radius 1 is 1.25 bits per heavy atom. The van der Waals surface area contributed by atoms with Crippen LogP contribution in [0.3, 0.4) is 0 Å². The second-order valence-electron chi connectivity index (χ2n) is 7.35. The van der Waals surface area contributed by atoms with E-state index in [0.29, 0.717) is 13.0 Å². The highest BCUT2D eigenvalue weighted by Crippen LogP contribution is 2.30. The summed E-state index contributed by atoms with van der Waals surface area (Å²) in [5, 5.41) is 3.29. The van der Waals surface area contributed by atoms with Gasteiger partial charge in [-0.2, -0.15) is 0 Å². The van der Waals surface area contributed by atoms with Crippen molar-refractivity contribution in [2.45, 2.75) is 31.9 Å². The molecular weight excluding hydrogens is 302 g/mol. The number of ether oxygens (including phenoxy) is 1. The van der Waals surface area contributed by atoms with Gasteiger partial charge >= 0.3 is 0 Å². The Kier molecular flexibility index (Phi) is 5.54. The van der Waals surface area contributed by atoms with Gasteiger partial charge in [0.05, 0.1) is 12.7 Å². The highest BCUT2D eigenvalue weighted by Gasteiger charge is 2.35. The van der Waals surface area contributed by atoms with Crippen molar-refractivity contribution < 1.29 is 9.53 Å². The van der Waals surface area contributed by atoms with E-state index in [1.165, 1.54) is 5.56 Å². The van der Waals surface area contributed by atoms with Crippen LogP contribution in [0.4, 0.5) is 0 Å². The maximum atomic E-state index is 12.4. The molecule has 0 spiro atoms. The molecule has 3 rings (SSSR count). The molecule has 132 valence electrons. The lowest BCUT2D eigenvalue weighted by Gasteiger charge is -2.45.